The smallest absolute Gasteiger partial charge is 0.137 e. The van der Waals surface area contributed by atoms with Crippen molar-refractivity contribution in [2.45, 2.75) is 19.4 Å². The van der Waals surface area contributed by atoms with E-state index in [9.17, 15) is 4.39 Å². The quantitative estimate of drug-likeness (QED) is 0.797. The van der Waals surface area contributed by atoms with Crippen LogP contribution in [0.3, 0.4) is 0 Å². The van der Waals surface area contributed by atoms with Gasteiger partial charge in [-0.2, -0.15) is 0 Å². The van der Waals surface area contributed by atoms with E-state index in [-0.39, 0.29) is 11.9 Å². The molecule has 0 aliphatic carbocycles. The maximum atomic E-state index is 13.2. The van der Waals surface area contributed by atoms with Gasteiger partial charge >= 0.3 is 0 Å². The first-order valence-corrected chi connectivity index (χ1v) is 7.51. The second-order valence-electron chi connectivity index (χ2n) is 4.57. The van der Waals surface area contributed by atoms with E-state index in [4.69, 9.17) is 5.73 Å². The Labute approximate surface area is 129 Å². The van der Waals surface area contributed by atoms with Gasteiger partial charge in [-0.3, -0.25) is 0 Å². The van der Waals surface area contributed by atoms with Crippen molar-refractivity contribution in [1.29, 1.82) is 0 Å². The molecule has 0 bridgehead atoms. The second-order valence-corrected chi connectivity index (χ2v) is 6.28. The van der Waals surface area contributed by atoms with Gasteiger partial charge in [0.15, 0.2) is 0 Å². The fourth-order valence-corrected chi connectivity index (χ4v) is 2.61. The predicted octanol–water partition coefficient (Wildman–Crippen LogP) is 4.90. The van der Waals surface area contributed by atoms with Gasteiger partial charge in [-0.25, -0.2) is 4.39 Å². The van der Waals surface area contributed by atoms with Gasteiger partial charge in [0.2, 0.25) is 0 Å². The lowest BCUT2D eigenvalue weighted by molar-refractivity contribution is 0.618. The molecule has 1 atom stereocenters. The van der Waals surface area contributed by atoms with Crippen molar-refractivity contribution >= 4 is 31.9 Å². The largest absolute Gasteiger partial charge is 0.324 e. The van der Waals surface area contributed by atoms with Crippen LogP contribution in [0, 0.1) is 12.7 Å². The molecule has 100 valence electrons. The maximum Gasteiger partial charge on any atom is 0.137 e. The summed E-state index contributed by atoms with van der Waals surface area (Å²) in [6, 6.07) is 11.0. The number of hydrogen-bond donors (Lipinski definition) is 1. The lowest BCUT2D eigenvalue weighted by Crippen LogP contribution is -2.13. The van der Waals surface area contributed by atoms with Crippen molar-refractivity contribution in [3.63, 3.8) is 0 Å². The number of nitrogens with two attached hydrogens (primary N) is 1. The number of hydrogen-bond acceptors (Lipinski definition) is 1. The maximum absolute atomic E-state index is 13.2. The molecule has 2 rings (SSSR count). The van der Waals surface area contributed by atoms with Crippen molar-refractivity contribution in [1.82, 2.24) is 0 Å². The van der Waals surface area contributed by atoms with Gasteiger partial charge in [0.05, 0.1) is 4.47 Å². The summed E-state index contributed by atoms with van der Waals surface area (Å²) < 4.78 is 14.7. The van der Waals surface area contributed by atoms with Gasteiger partial charge in [0, 0.05) is 10.5 Å². The molecule has 0 aliphatic rings. The molecule has 0 radical (unpaired) electrons. The zero-order valence-corrected chi connectivity index (χ0v) is 13.6. The van der Waals surface area contributed by atoms with Crippen LogP contribution in [0.5, 0.6) is 0 Å². The van der Waals surface area contributed by atoms with Gasteiger partial charge in [-0.15, -0.1) is 0 Å². The summed E-state index contributed by atoms with van der Waals surface area (Å²) >= 11 is 6.67. The molecule has 2 N–H and O–H groups in total. The molecule has 0 spiro atoms. The van der Waals surface area contributed by atoms with E-state index in [0.29, 0.717) is 10.9 Å². The Kier molecular flexibility index (Phi) is 4.76. The fraction of sp³-hybridized carbons (Fsp3) is 0.200. The van der Waals surface area contributed by atoms with Gasteiger partial charge in [0.25, 0.3) is 0 Å². The number of aryl methyl sites for hydroxylation is 1. The van der Waals surface area contributed by atoms with Crippen LogP contribution in [0.1, 0.15) is 22.7 Å². The first kappa shape index (κ1) is 14.7. The zero-order valence-electron chi connectivity index (χ0n) is 10.5. The highest BCUT2D eigenvalue weighted by atomic mass is 79.9. The van der Waals surface area contributed by atoms with Crippen molar-refractivity contribution in [2.75, 3.05) is 0 Å². The van der Waals surface area contributed by atoms with Crippen molar-refractivity contribution in [3.8, 4) is 0 Å². The highest BCUT2D eigenvalue weighted by Crippen LogP contribution is 2.24. The normalized spacial score (nSPS) is 12.5. The first-order valence-electron chi connectivity index (χ1n) is 5.93. The van der Waals surface area contributed by atoms with Crippen LogP contribution in [0.15, 0.2) is 45.3 Å². The van der Waals surface area contributed by atoms with E-state index in [2.05, 4.69) is 37.9 Å². The molecule has 0 saturated carbocycles. The summed E-state index contributed by atoms with van der Waals surface area (Å²) in [7, 11) is 0. The Morgan fingerprint density at radius 2 is 1.84 bits per heavy atom. The van der Waals surface area contributed by atoms with Gasteiger partial charge in [0.1, 0.15) is 5.82 Å². The third-order valence-electron chi connectivity index (χ3n) is 3.05. The summed E-state index contributed by atoms with van der Waals surface area (Å²) in [5.74, 6) is -0.253. The third kappa shape index (κ3) is 3.65. The minimum absolute atomic E-state index is 0.0934. The molecule has 0 aliphatic heterocycles. The monoisotopic (exact) mass is 385 g/mol. The summed E-state index contributed by atoms with van der Waals surface area (Å²) in [6.45, 7) is 2.04. The van der Waals surface area contributed by atoms with Gasteiger partial charge < -0.3 is 5.73 Å². The molecule has 0 aromatic heterocycles. The molecule has 0 amide bonds. The first-order chi connectivity index (χ1) is 8.97. The molecule has 19 heavy (non-hydrogen) atoms. The highest BCUT2D eigenvalue weighted by Gasteiger charge is 2.09. The molecule has 4 heteroatoms. The van der Waals surface area contributed by atoms with E-state index in [1.54, 1.807) is 12.1 Å². The Balaban J connectivity index is 2.17. The summed E-state index contributed by atoms with van der Waals surface area (Å²) in [6.07, 6.45) is 0.681. The molecule has 0 fully saturated rings. The van der Waals surface area contributed by atoms with Crippen molar-refractivity contribution in [2.24, 2.45) is 5.73 Å². The topological polar surface area (TPSA) is 26.0 Å². The van der Waals surface area contributed by atoms with Crippen LogP contribution >= 0.6 is 31.9 Å². The van der Waals surface area contributed by atoms with Crippen molar-refractivity contribution < 1.29 is 4.39 Å². The van der Waals surface area contributed by atoms with Gasteiger partial charge in [-0.1, -0.05) is 34.1 Å². The second kappa shape index (κ2) is 6.16. The van der Waals surface area contributed by atoms with Crippen molar-refractivity contribution in [3.05, 3.63) is 67.9 Å². The minimum Gasteiger partial charge on any atom is -0.324 e. The molecular formula is C15H14Br2FN. The Morgan fingerprint density at radius 1 is 1.11 bits per heavy atom. The average Bonchev–Trinajstić information content (AvgIpc) is 2.37. The fourth-order valence-electron chi connectivity index (χ4n) is 1.94. The lowest BCUT2D eigenvalue weighted by atomic mass is 9.98. The van der Waals surface area contributed by atoms with E-state index in [0.717, 1.165) is 21.2 Å². The lowest BCUT2D eigenvalue weighted by Gasteiger charge is -2.14. The van der Waals surface area contributed by atoms with E-state index in [1.807, 2.05) is 19.1 Å². The van der Waals surface area contributed by atoms with Crippen LogP contribution < -0.4 is 5.73 Å². The van der Waals surface area contributed by atoms with Gasteiger partial charge in [-0.05, 0) is 64.2 Å². The van der Waals surface area contributed by atoms with Crippen LogP contribution in [0.4, 0.5) is 4.39 Å². The molecule has 1 nitrogen and oxygen atoms in total. The Hall–Kier alpha value is -0.710. The average molecular weight is 387 g/mol. The number of rotatable bonds is 3. The van der Waals surface area contributed by atoms with Crippen LogP contribution in [-0.2, 0) is 6.42 Å². The molecular weight excluding hydrogens is 373 g/mol. The van der Waals surface area contributed by atoms with Crippen LogP contribution in [-0.4, -0.2) is 0 Å². The van der Waals surface area contributed by atoms with E-state index in [1.165, 1.54) is 6.07 Å². The SMILES string of the molecule is Cc1cc(C(N)Cc2ccc(F)c(Br)c2)ccc1Br. The minimum atomic E-state index is -0.253. The summed E-state index contributed by atoms with van der Waals surface area (Å²) in [5, 5.41) is 0. The van der Waals surface area contributed by atoms with E-state index < -0.39 is 0 Å². The molecule has 1 unspecified atom stereocenters. The summed E-state index contributed by atoms with van der Waals surface area (Å²) in [4.78, 5) is 0. The van der Waals surface area contributed by atoms with Crippen LogP contribution in [0.25, 0.3) is 0 Å². The molecule has 2 aromatic rings. The molecule has 2 aromatic carbocycles. The Morgan fingerprint density at radius 3 is 2.47 bits per heavy atom. The Bertz CT molecular complexity index is 599. The standard InChI is InChI=1S/C15H14Br2FN/c1-9-6-11(3-4-12(9)16)15(19)8-10-2-5-14(18)13(17)7-10/h2-7,15H,8,19H2,1H3. The number of benzene rings is 2. The molecule has 0 heterocycles. The highest BCUT2D eigenvalue weighted by molar-refractivity contribution is 9.10. The summed E-state index contributed by atoms with van der Waals surface area (Å²) in [5.41, 5.74) is 9.47. The zero-order chi connectivity index (χ0) is 14.0. The third-order valence-corrected chi connectivity index (χ3v) is 4.55. The molecule has 0 saturated heterocycles. The predicted molar refractivity (Wildman–Crippen MR) is 83.6 cm³/mol. The van der Waals surface area contributed by atoms with Crippen LogP contribution in [0.2, 0.25) is 0 Å². The number of halogens is 3. The van der Waals surface area contributed by atoms with E-state index >= 15 is 0 Å².